The number of carbonyl (C=O) groups is 1. The quantitative estimate of drug-likeness (QED) is 0.341. The van der Waals surface area contributed by atoms with Crippen molar-refractivity contribution in [1.82, 2.24) is 10.3 Å². The molecule has 3 rings (SSSR count). The van der Waals surface area contributed by atoms with Crippen molar-refractivity contribution < 1.29 is 4.79 Å². The Morgan fingerprint density at radius 1 is 1.17 bits per heavy atom. The van der Waals surface area contributed by atoms with Gasteiger partial charge in [-0.25, -0.2) is 0 Å². The van der Waals surface area contributed by atoms with Gasteiger partial charge in [-0.05, 0) is 36.3 Å². The molecule has 0 aliphatic carbocycles. The number of nitrogens with one attached hydrogen (secondary N) is 2. The topological polar surface area (TPSA) is 54.0 Å². The van der Waals surface area contributed by atoms with Crippen LogP contribution in [0.15, 0.2) is 66.2 Å². The van der Waals surface area contributed by atoms with Crippen molar-refractivity contribution in [3.8, 4) is 0 Å². The molecular weight excluding hydrogens is 378 g/mol. The number of anilines is 2. The molecule has 150 valence electrons. The molecule has 2 N–H and O–H groups in total. The van der Waals surface area contributed by atoms with Crippen LogP contribution in [0, 0.1) is 0 Å². The summed E-state index contributed by atoms with van der Waals surface area (Å²) in [5.41, 5.74) is 4.41. The Kier molecular flexibility index (Phi) is 7.30. The Bertz CT molecular complexity index is 1020. The second-order valence-electron chi connectivity index (χ2n) is 6.68. The number of hydrogen-bond donors (Lipinski definition) is 2. The summed E-state index contributed by atoms with van der Waals surface area (Å²) in [6.45, 7) is 8.38. The van der Waals surface area contributed by atoms with E-state index in [2.05, 4.69) is 54.2 Å². The van der Waals surface area contributed by atoms with Crippen LogP contribution >= 0.6 is 11.8 Å². The number of fused-ring (bicyclic) bond motifs is 1. The molecule has 0 saturated carbocycles. The number of rotatable bonds is 9. The van der Waals surface area contributed by atoms with Gasteiger partial charge in [-0.3, -0.25) is 9.78 Å². The predicted octanol–water partition coefficient (Wildman–Crippen LogP) is 5.96. The third kappa shape index (κ3) is 4.80. The number of aryl methyl sites for hydroxylation is 1. The Morgan fingerprint density at radius 3 is 2.76 bits per heavy atom. The highest BCUT2D eigenvalue weighted by molar-refractivity contribution is 7.99. The normalized spacial score (nSPS) is 10.7. The number of benzene rings is 2. The van der Waals surface area contributed by atoms with Gasteiger partial charge in [0, 0.05) is 23.0 Å². The molecule has 1 heterocycles. The fourth-order valence-electron chi connectivity index (χ4n) is 3.18. The maximum Gasteiger partial charge on any atom is 0.255 e. The molecule has 0 unspecified atom stereocenters. The van der Waals surface area contributed by atoms with Gasteiger partial charge in [0.2, 0.25) is 0 Å². The standard InChI is InChI=1S/C24H27N3OS/c1-4-14-25-24(28)19-16-26-22-17(6-3)10-9-11-18(22)23(19)27-20-12-7-8-13-21(20)29-15-5-2/h4,7-13,16H,1,5-6,14-15H2,2-3H3,(H,25,28)(H,26,27). The lowest BCUT2D eigenvalue weighted by atomic mass is 10.0. The Labute approximate surface area is 176 Å². The maximum absolute atomic E-state index is 12.8. The van der Waals surface area contributed by atoms with E-state index in [9.17, 15) is 4.79 Å². The Balaban J connectivity index is 2.13. The SMILES string of the molecule is C=CCNC(=O)c1cnc2c(CC)cccc2c1Nc1ccccc1SCCC. The zero-order chi connectivity index (χ0) is 20.6. The second kappa shape index (κ2) is 10.1. The van der Waals surface area contributed by atoms with Gasteiger partial charge >= 0.3 is 0 Å². The van der Waals surface area contributed by atoms with Crippen LogP contribution in [0.3, 0.4) is 0 Å². The molecular formula is C24H27N3OS. The first-order valence-corrected chi connectivity index (χ1v) is 11.0. The molecule has 0 fully saturated rings. The van der Waals surface area contributed by atoms with Crippen molar-refractivity contribution in [3.63, 3.8) is 0 Å². The molecule has 0 saturated heterocycles. The molecule has 0 radical (unpaired) electrons. The van der Waals surface area contributed by atoms with Gasteiger partial charge in [0.15, 0.2) is 0 Å². The van der Waals surface area contributed by atoms with Gasteiger partial charge in [-0.15, -0.1) is 18.3 Å². The average molecular weight is 406 g/mol. The second-order valence-corrected chi connectivity index (χ2v) is 7.82. The van der Waals surface area contributed by atoms with Gasteiger partial charge in [-0.2, -0.15) is 0 Å². The van der Waals surface area contributed by atoms with Crippen LogP contribution in [-0.2, 0) is 6.42 Å². The molecule has 5 heteroatoms. The molecule has 1 aromatic heterocycles. The molecule has 29 heavy (non-hydrogen) atoms. The summed E-state index contributed by atoms with van der Waals surface area (Å²) in [7, 11) is 0. The number of thioether (sulfide) groups is 1. The fraction of sp³-hybridized carbons (Fsp3) is 0.250. The Hall–Kier alpha value is -2.79. The first kappa shape index (κ1) is 20.9. The van der Waals surface area contributed by atoms with Crippen LogP contribution in [0.1, 0.15) is 36.2 Å². The van der Waals surface area contributed by atoms with Crippen LogP contribution in [0.5, 0.6) is 0 Å². The summed E-state index contributed by atoms with van der Waals surface area (Å²) in [6, 6.07) is 14.4. The van der Waals surface area contributed by atoms with Gasteiger partial charge < -0.3 is 10.6 Å². The van der Waals surface area contributed by atoms with Crippen molar-refractivity contribution in [2.45, 2.75) is 31.6 Å². The van der Waals surface area contributed by atoms with E-state index >= 15 is 0 Å². The molecule has 0 bridgehead atoms. The lowest BCUT2D eigenvalue weighted by Crippen LogP contribution is -2.24. The summed E-state index contributed by atoms with van der Waals surface area (Å²) in [6.07, 6.45) is 5.33. The van der Waals surface area contributed by atoms with E-state index in [0.29, 0.717) is 12.1 Å². The number of para-hydroxylation sites is 2. The minimum absolute atomic E-state index is 0.164. The largest absolute Gasteiger partial charge is 0.353 e. The van der Waals surface area contributed by atoms with Gasteiger partial charge in [0.25, 0.3) is 5.91 Å². The summed E-state index contributed by atoms with van der Waals surface area (Å²) in [4.78, 5) is 18.6. The summed E-state index contributed by atoms with van der Waals surface area (Å²) >= 11 is 1.82. The number of hydrogen-bond acceptors (Lipinski definition) is 4. The van der Waals surface area contributed by atoms with Crippen molar-refractivity contribution in [2.75, 3.05) is 17.6 Å². The van der Waals surface area contributed by atoms with Crippen LogP contribution in [-0.4, -0.2) is 23.2 Å². The Morgan fingerprint density at radius 2 is 2.00 bits per heavy atom. The molecule has 0 aliphatic rings. The van der Waals surface area contributed by atoms with Crippen LogP contribution < -0.4 is 10.6 Å². The monoisotopic (exact) mass is 405 g/mol. The van der Waals surface area contributed by atoms with Gasteiger partial charge in [0.05, 0.1) is 22.5 Å². The molecule has 1 amide bonds. The highest BCUT2D eigenvalue weighted by atomic mass is 32.2. The summed E-state index contributed by atoms with van der Waals surface area (Å²) in [5.74, 6) is 0.880. The third-order valence-corrected chi connectivity index (χ3v) is 5.90. The molecule has 4 nitrogen and oxygen atoms in total. The third-order valence-electron chi connectivity index (χ3n) is 4.62. The van der Waals surface area contributed by atoms with Crippen LogP contribution in [0.25, 0.3) is 10.9 Å². The van der Waals surface area contributed by atoms with E-state index in [1.54, 1.807) is 12.3 Å². The van der Waals surface area contributed by atoms with E-state index in [1.807, 2.05) is 36.0 Å². The van der Waals surface area contributed by atoms with E-state index in [4.69, 9.17) is 0 Å². The molecule has 3 aromatic rings. The highest BCUT2D eigenvalue weighted by Gasteiger charge is 2.17. The van der Waals surface area contributed by atoms with E-state index < -0.39 is 0 Å². The summed E-state index contributed by atoms with van der Waals surface area (Å²) in [5, 5.41) is 7.38. The molecule has 0 aliphatic heterocycles. The highest BCUT2D eigenvalue weighted by Crippen LogP contribution is 2.35. The van der Waals surface area contributed by atoms with Gasteiger partial charge in [-0.1, -0.05) is 50.3 Å². The van der Waals surface area contributed by atoms with Crippen molar-refractivity contribution in [3.05, 3.63) is 72.4 Å². The smallest absolute Gasteiger partial charge is 0.255 e. The zero-order valence-corrected chi connectivity index (χ0v) is 17.8. The van der Waals surface area contributed by atoms with Gasteiger partial charge in [0.1, 0.15) is 0 Å². The lowest BCUT2D eigenvalue weighted by Gasteiger charge is -2.17. The zero-order valence-electron chi connectivity index (χ0n) is 17.0. The molecule has 0 atom stereocenters. The predicted molar refractivity (Wildman–Crippen MR) is 124 cm³/mol. The minimum Gasteiger partial charge on any atom is -0.353 e. The van der Waals surface area contributed by atoms with Crippen LogP contribution in [0.4, 0.5) is 11.4 Å². The first-order chi connectivity index (χ1) is 14.2. The molecule has 2 aromatic carbocycles. The average Bonchev–Trinajstić information content (AvgIpc) is 2.76. The number of nitrogens with zero attached hydrogens (tertiary/aromatic N) is 1. The molecule has 0 spiro atoms. The fourth-order valence-corrected chi connectivity index (χ4v) is 4.05. The van der Waals surface area contributed by atoms with E-state index in [1.165, 1.54) is 4.90 Å². The summed E-state index contributed by atoms with van der Waals surface area (Å²) < 4.78 is 0. The maximum atomic E-state index is 12.8. The number of carbonyl (C=O) groups excluding carboxylic acids is 1. The van der Waals surface area contributed by atoms with Crippen molar-refractivity contribution in [2.24, 2.45) is 0 Å². The van der Waals surface area contributed by atoms with Crippen molar-refractivity contribution >= 4 is 39.9 Å². The van der Waals surface area contributed by atoms with Crippen molar-refractivity contribution in [1.29, 1.82) is 0 Å². The van der Waals surface area contributed by atoms with E-state index in [-0.39, 0.29) is 5.91 Å². The van der Waals surface area contributed by atoms with E-state index in [0.717, 1.165) is 46.4 Å². The number of aromatic nitrogens is 1. The first-order valence-electron chi connectivity index (χ1n) is 9.98. The minimum atomic E-state index is -0.164. The number of amides is 1. The lowest BCUT2D eigenvalue weighted by molar-refractivity contribution is 0.0958. The van der Waals surface area contributed by atoms with Crippen LogP contribution in [0.2, 0.25) is 0 Å². The number of pyridine rings is 1.